The van der Waals surface area contributed by atoms with Crippen LogP contribution in [0.2, 0.25) is 0 Å². The molecular formula is C25H30N4O2. The van der Waals surface area contributed by atoms with E-state index in [9.17, 15) is 9.59 Å². The zero-order valence-corrected chi connectivity index (χ0v) is 18.6. The Labute approximate surface area is 183 Å². The van der Waals surface area contributed by atoms with Crippen LogP contribution in [0.1, 0.15) is 44.1 Å². The number of aromatic nitrogens is 2. The number of amides is 2. The third-order valence-electron chi connectivity index (χ3n) is 5.58. The van der Waals surface area contributed by atoms with Crippen molar-refractivity contribution >= 4 is 11.8 Å². The van der Waals surface area contributed by atoms with Gasteiger partial charge in [0.15, 0.2) is 0 Å². The van der Waals surface area contributed by atoms with Crippen LogP contribution in [0.4, 0.5) is 0 Å². The second-order valence-corrected chi connectivity index (χ2v) is 7.95. The standard InChI is InChI=1S/C25H30N4O2/c1-18-15-22(19(2)27-17-18)25(31)29(4)21(16-20-9-6-5-7-10-20)12-13-26-24(30)23-11-8-14-28(23)3/h5-11,14-15,17,21H,12-13,16H2,1-4H3,(H,26,30). The average molecular weight is 419 g/mol. The topological polar surface area (TPSA) is 67.2 Å². The summed E-state index contributed by atoms with van der Waals surface area (Å²) in [5.41, 5.74) is 4.06. The van der Waals surface area contributed by atoms with E-state index < -0.39 is 0 Å². The highest BCUT2D eigenvalue weighted by atomic mass is 16.2. The molecule has 162 valence electrons. The predicted molar refractivity (Wildman–Crippen MR) is 122 cm³/mol. The number of pyridine rings is 1. The largest absolute Gasteiger partial charge is 0.351 e. The Morgan fingerprint density at radius 3 is 2.55 bits per heavy atom. The number of rotatable bonds is 8. The molecule has 0 aliphatic carbocycles. The average Bonchev–Trinajstić information content (AvgIpc) is 3.20. The Morgan fingerprint density at radius 1 is 1.13 bits per heavy atom. The van der Waals surface area contributed by atoms with Crippen molar-refractivity contribution in [3.05, 3.63) is 89.0 Å². The van der Waals surface area contributed by atoms with Gasteiger partial charge in [-0.15, -0.1) is 0 Å². The second-order valence-electron chi connectivity index (χ2n) is 7.95. The van der Waals surface area contributed by atoms with Gasteiger partial charge in [-0.1, -0.05) is 30.3 Å². The lowest BCUT2D eigenvalue weighted by atomic mass is 10.0. The molecule has 3 aromatic rings. The van der Waals surface area contributed by atoms with E-state index in [1.165, 1.54) is 0 Å². The summed E-state index contributed by atoms with van der Waals surface area (Å²) in [7, 11) is 3.68. The first kappa shape index (κ1) is 22.3. The first-order valence-electron chi connectivity index (χ1n) is 10.5. The summed E-state index contributed by atoms with van der Waals surface area (Å²) in [5.74, 6) is -0.165. The Morgan fingerprint density at radius 2 is 1.87 bits per heavy atom. The van der Waals surface area contributed by atoms with Crippen LogP contribution in [0.15, 0.2) is 60.9 Å². The first-order chi connectivity index (χ1) is 14.9. The van der Waals surface area contributed by atoms with E-state index in [4.69, 9.17) is 0 Å². The number of benzene rings is 1. The third kappa shape index (κ3) is 5.60. The van der Waals surface area contributed by atoms with E-state index in [0.29, 0.717) is 30.6 Å². The molecule has 0 aliphatic rings. The van der Waals surface area contributed by atoms with Gasteiger partial charge in [-0.25, -0.2) is 0 Å². The fourth-order valence-corrected chi connectivity index (χ4v) is 3.67. The molecule has 6 nitrogen and oxygen atoms in total. The second kappa shape index (κ2) is 10.1. The van der Waals surface area contributed by atoms with Crippen LogP contribution in [0.3, 0.4) is 0 Å². The summed E-state index contributed by atoms with van der Waals surface area (Å²) in [4.78, 5) is 31.8. The van der Waals surface area contributed by atoms with E-state index in [1.54, 1.807) is 21.7 Å². The van der Waals surface area contributed by atoms with Gasteiger partial charge in [-0.3, -0.25) is 14.6 Å². The van der Waals surface area contributed by atoms with E-state index in [-0.39, 0.29) is 17.9 Å². The smallest absolute Gasteiger partial charge is 0.267 e. The van der Waals surface area contributed by atoms with Gasteiger partial charge < -0.3 is 14.8 Å². The summed E-state index contributed by atoms with van der Waals surface area (Å²) < 4.78 is 1.79. The van der Waals surface area contributed by atoms with Crippen molar-refractivity contribution in [1.29, 1.82) is 0 Å². The summed E-state index contributed by atoms with van der Waals surface area (Å²) in [6, 6.07) is 15.6. The first-order valence-corrected chi connectivity index (χ1v) is 10.5. The van der Waals surface area contributed by atoms with Gasteiger partial charge >= 0.3 is 0 Å². The van der Waals surface area contributed by atoms with E-state index >= 15 is 0 Å². The highest BCUT2D eigenvalue weighted by Gasteiger charge is 2.23. The van der Waals surface area contributed by atoms with Crippen LogP contribution < -0.4 is 5.32 Å². The lowest BCUT2D eigenvalue weighted by molar-refractivity contribution is 0.0721. The minimum absolute atomic E-state index is 0.0524. The molecule has 31 heavy (non-hydrogen) atoms. The van der Waals surface area contributed by atoms with Crippen molar-refractivity contribution in [2.75, 3.05) is 13.6 Å². The van der Waals surface area contributed by atoms with E-state index in [1.807, 2.05) is 64.5 Å². The number of aryl methyl sites for hydroxylation is 3. The van der Waals surface area contributed by atoms with Gasteiger partial charge in [0.1, 0.15) is 5.69 Å². The summed E-state index contributed by atoms with van der Waals surface area (Å²) in [5, 5.41) is 2.99. The van der Waals surface area contributed by atoms with Crippen molar-refractivity contribution < 1.29 is 9.59 Å². The van der Waals surface area contributed by atoms with Crippen LogP contribution in [0.25, 0.3) is 0 Å². The van der Waals surface area contributed by atoms with Crippen molar-refractivity contribution in [2.24, 2.45) is 7.05 Å². The summed E-state index contributed by atoms with van der Waals surface area (Å²) >= 11 is 0. The Bertz CT molecular complexity index is 1040. The molecule has 0 spiro atoms. The van der Waals surface area contributed by atoms with Gasteiger partial charge in [-0.05, 0) is 56.0 Å². The molecule has 0 saturated heterocycles. The lowest BCUT2D eigenvalue weighted by Crippen LogP contribution is -2.41. The zero-order chi connectivity index (χ0) is 22.4. The summed E-state index contributed by atoms with van der Waals surface area (Å²) in [6.45, 7) is 4.26. The van der Waals surface area contributed by atoms with Gasteiger partial charge in [-0.2, -0.15) is 0 Å². The van der Waals surface area contributed by atoms with Gasteiger partial charge in [0, 0.05) is 44.8 Å². The van der Waals surface area contributed by atoms with Crippen LogP contribution in [0, 0.1) is 13.8 Å². The molecule has 0 bridgehead atoms. The maximum atomic E-state index is 13.3. The highest BCUT2D eigenvalue weighted by Crippen LogP contribution is 2.16. The SMILES string of the molecule is Cc1cnc(C)c(C(=O)N(C)C(CCNC(=O)c2cccn2C)Cc2ccccc2)c1. The number of hydrogen-bond acceptors (Lipinski definition) is 3. The van der Waals surface area contributed by atoms with Crippen molar-refractivity contribution in [3.8, 4) is 0 Å². The molecule has 3 rings (SSSR count). The van der Waals surface area contributed by atoms with Crippen LogP contribution in [-0.2, 0) is 13.5 Å². The minimum atomic E-state index is -0.112. The Kier molecular flexibility index (Phi) is 7.23. The molecule has 1 N–H and O–H groups in total. The quantitative estimate of drug-likeness (QED) is 0.608. The maximum absolute atomic E-state index is 13.3. The van der Waals surface area contributed by atoms with Crippen LogP contribution >= 0.6 is 0 Å². The molecular weight excluding hydrogens is 388 g/mol. The molecule has 1 atom stereocenters. The third-order valence-corrected chi connectivity index (χ3v) is 5.58. The van der Waals surface area contributed by atoms with Crippen molar-refractivity contribution in [1.82, 2.24) is 19.8 Å². The number of nitrogens with one attached hydrogen (secondary N) is 1. The van der Waals surface area contributed by atoms with Crippen molar-refractivity contribution in [2.45, 2.75) is 32.7 Å². The lowest BCUT2D eigenvalue weighted by Gasteiger charge is -2.29. The molecule has 2 amide bonds. The predicted octanol–water partition coefficient (Wildman–Crippen LogP) is 3.54. The summed E-state index contributed by atoms with van der Waals surface area (Å²) in [6.07, 6.45) is 4.97. The van der Waals surface area contributed by atoms with Crippen LogP contribution in [-0.4, -0.2) is 45.9 Å². The molecule has 1 aromatic carbocycles. The molecule has 0 saturated carbocycles. The van der Waals surface area contributed by atoms with Crippen LogP contribution in [0.5, 0.6) is 0 Å². The molecule has 6 heteroatoms. The number of likely N-dealkylation sites (N-methyl/N-ethyl adjacent to an activating group) is 1. The molecule has 2 aromatic heterocycles. The zero-order valence-electron chi connectivity index (χ0n) is 18.6. The van der Waals surface area contributed by atoms with Gasteiger partial charge in [0.2, 0.25) is 0 Å². The molecule has 0 aliphatic heterocycles. The molecule has 0 fully saturated rings. The molecule has 1 unspecified atom stereocenters. The fraction of sp³-hybridized carbons (Fsp3) is 0.320. The minimum Gasteiger partial charge on any atom is -0.351 e. The van der Waals surface area contributed by atoms with Gasteiger partial charge in [0.25, 0.3) is 11.8 Å². The number of carbonyl (C=O) groups excluding carboxylic acids is 2. The monoisotopic (exact) mass is 418 g/mol. The normalized spacial score (nSPS) is 11.7. The fourth-order valence-electron chi connectivity index (χ4n) is 3.67. The van der Waals surface area contributed by atoms with E-state index in [0.717, 1.165) is 16.8 Å². The number of carbonyl (C=O) groups is 2. The van der Waals surface area contributed by atoms with E-state index in [2.05, 4.69) is 22.4 Å². The molecule has 2 heterocycles. The Hall–Kier alpha value is -3.41. The Balaban J connectivity index is 1.73. The highest BCUT2D eigenvalue weighted by molar-refractivity contribution is 5.95. The number of hydrogen-bond donors (Lipinski definition) is 1. The maximum Gasteiger partial charge on any atom is 0.267 e. The van der Waals surface area contributed by atoms with Gasteiger partial charge in [0.05, 0.1) is 5.56 Å². The van der Waals surface area contributed by atoms with Crippen molar-refractivity contribution in [3.63, 3.8) is 0 Å². The number of nitrogens with zero attached hydrogens (tertiary/aromatic N) is 3. The molecule has 0 radical (unpaired) electrons.